The van der Waals surface area contributed by atoms with Crippen molar-refractivity contribution in [1.29, 1.82) is 0 Å². The van der Waals surface area contributed by atoms with Gasteiger partial charge in [-0.25, -0.2) is 4.79 Å². The molecule has 96 valence electrons. The van der Waals surface area contributed by atoms with Gasteiger partial charge in [-0.2, -0.15) is 0 Å². The summed E-state index contributed by atoms with van der Waals surface area (Å²) in [6, 6.07) is 0. The second kappa shape index (κ2) is 6.85. The fourth-order valence-corrected chi connectivity index (χ4v) is 1.18. The lowest BCUT2D eigenvalue weighted by Gasteiger charge is -2.23. The Morgan fingerprint density at radius 1 is 1.47 bits per heavy atom. The van der Waals surface area contributed by atoms with Crippen LogP contribution in [0.3, 0.4) is 0 Å². The summed E-state index contributed by atoms with van der Waals surface area (Å²) in [7, 11) is 0. The predicted molar refractivity (Wildman–Crippen MR) is 64.6 cm³/mol. The van der Waals surface area contributed by atoms with E-state index in [-0.39, 0.29) is 12.0 Å². The normalized spacial score (nSPS) is 22.2. The first-order valence-electron chi connectivity index (χ1n) is 5.42. The minimum atomic E-state index is -1.08. The van der Waals surface area contributed by atoms with Gasteiger partial charge in [0.15, 0.2) is 0 Å². The van der Waals surface area contributed by atoms with E-state index >= 15 is 0 Å². The fourth-order valence-electron chi connectivity index (χ4n) is 1.18. The van der Waals surface area contributed by atoms with Crippen LogP contribution in [0.1, 0.15) is 26.7 Å². The zero-order valence-corrected chi connectivity index (χ0v) is 10.1. The number of hydrogen-bond donors (Lipinski definition) is 3. The minimum absolute atomic E-state index is 0.0359. The largest absolute Gasteiger partial charge is 0.481 e. The van der Waals surface area contributed by atoms with E-state index < -0.39 is 17.4 Å². The van der Waals surface area contributed by atoms with Crippen molar-refractivity contribution in [3.05, 3.63) is 23.8 Å². The van der Waals surface area contributed by atoms with Crippen molar-refractivity contribution in [3.8, 4) is 0 Å². The highest BCUT2D eigenvalue weighted by molar-refractivity contribution is 5.90. The summed E-state index contributed by atoms with van der Waals surface area (Å²) in [5, 5.41) is 17.5. The van der Waals surface area contributed by atoms with Crippen molar-refractivity contribution in [3.63, 3.8) is 0 Å². The maximum absolute atomic E-state index is 10.8. The lowest BCUT2D eigenvalue weighted by molar-refractivity contribution is -0.145. The van der Waals surface area contributed by atoms with E-state index in [1.807, 2.05) is 0 Å². The first-order valence-corrected chi connectivity index (χ1v) is 5.42. The van der Waals surface area contributed by atoms with Gasteiger partial charge in [-0.15, -0.1) is 0 Å². The molecule has 0 aromatic rings. The highest BCUT2D eigenvalue weighted by Gasteiger charge is 2.34. The lowest BCUT2D eigenvalue weighted by Crippen LogP contribution is -2.28. The quantitative estimate of drug-likeness (QED) is 0.693. The van der Waals surface area contributed by atoms with Crippen molar-refractivity contribution < 1.29 is 19.8 Å². The topological polar surface area (TPSA) is 101 Å². The van der Waals surface area contributed by atoms with E-state index in [1.54, 1.807) is 0 Å². The van der Waals surface area contributed by atoms with E-state index in [0.717, 1.165) is 13.0 Å². The zero-order chi connectivity index (χ0) is 13.5. The van der Waals surface area contributed by atoms with Crippen LogP contribution in [-0.4, -0.2) is 28.7 Å². The lowest BCUT2D eigenvalue weighted by atomic mass is 9.80. The Hall–Kier alpha value is -1.62. The Labute approximate surface area is 101 Å². The number of aliphatic carboxylic acids is 2. The van der Waals surface area contributed by atoms with Gasteiger partial charge >= 0.3 is 11.9 Å². The van der Waals surface area contributed by atoms with Crippen LogP contribution in [0.25, 0.3) is 0 Å². The fraction of sp³-hybridized carbons (Fsp3) is 0.500. The van der Waals surface area contributed by atoms with Crippen LogP contribution in [0, 0.1) is 5.41 Å². The van der Waals surface area contributed by atoms with Crippen molar-refractivity contribution in [2.24, 2.45) is 11.1 Å². The van der Waals surface area contributed by atoms with Crippen LogP contribution < -0.4 is 5.73 Å². The maximum Gasteiger partial charge on any atom is 0.331 e. The van der Waals surface area contributed by atoms with Crippen LogP contribution in [0.4, 0.5) is 0 Å². The van der Waals surface area contributed by atoms with Crippen molar-refractivity contribution in [2.45, 2.75) is 26.7 Å². The Morgan fingerprint density at radius 3 is 2.35 bits per heavy atom. The van der Waals surface area contributed by atoms with E-state index in [4.69, 9.17) is 15.9 Å². The first-order chi connectivity index (χ1) is 7.87. The molecule has 1 aliphatic rings. The average molecular weight is 241 g/mol. The number of nitrogens with two attached hydrogens (primary N) is 1. The van der Waals surface area contributed by atoms with Gasteiger partial charge in [0, 0.05) is 5.57 Å². The molecule has 0 aliphatic heterocycles. The molecule has 0 heterocycles. The summed E-state index contributed by atoms with van der Waals surface area (Å²) >= 11 is 0. The Bertz CT molecular complexity index is 344. The number of hydrogen-bond acceptors (Lipinski definition) is 3. The van der Waals surface area contributed by atoms with Crippen LogP contribution in [0.15, 0.2) is 23.8 Å². The molecule has 4 N–H and O–H groups in total. The first kappa shape index (κ1) is 15.4. The van der Waals surface area contributed by atoms with Gasteiger partial charge in [-0.1, -0.05) is 25.2 Å². The number of rotatable bonds is 3. The number of carboxylic acids is 2. The van der Waals surface area contributed by atoms with Gasteiger partial charge in [0.2, 0.25) is 0 Å². The van der Waals surface area contributed by atoms with E-state index in [0.29, 0.717) is 0 Å². The molecule has 1 unspecified atom stereocenters. The number of carboxylic acid groups (broad SMARTS) is 2. The third-order valence-corrected chi connectivity index (χ3v) is 2.37. The van der Waals surface area contributed by atoms with Gasteiger partial charge in [0.05, 0.1) is 5.41 Å². The van der Waals surface area contributed by atoms with Gasteiger partial charge in [-0.05, 0) is 26.3 Å². The highest BCUT2D eigenvalue weighted by atomic mass is 16.4. The molecule has 5 heteroatoms. The zero-order valence-electron chi connectivity index (χ0n) is 10.1. The summed E-state index contributed by atoms with van der Waals surface area (Å²) in [5.41, 5.74) is 4.08. The molecule has 1 aliphatic carbocycles. The highest BCUT2D eigenvalue weighted by Crippen LogP contribution is 2.31. The number of carbonyl (C=O) groups is 2. The molecular formula is C12H19NO4. The van der Waals surface area contributed by atoms with Gasteiger partial charge in [0.25, 0.3) is 0 Å². The van der Waals surface area contributed by atoms with E-state index in [2.05, 4.69) is 6.92 Å². The molecule has 0 spiro atoms. The SMILES string of the molecule is CC1(C(=O)O)C=CC=C(C(=O)O)C1.CCCN. The molecule has 0 amide bonds. The minimum Gasteiger partial charge on any atom is -0.481 e. The van der Waals surface area contributed by atoms with E-state index in [9.17, 15) is 9.59 Å². The third-order valence-electron chi connectivity index (χ3n) is 2.37. The van der Waals surface area contributed by atoms with Crippen LogP contribution in [-0.2, 0) is 9.59 Å². The monoisotopic (exact) mass is 241 g/mol. The molecule has 0 aromatic carbocycles. The molecule has 0 saturated carbocycles. The van der Waals surface area contributed by atoms with E-state index in [1.165, 1.54) is 25.2 Å². The maximum atomic E-state index is 10.8. The van der Waals surface area contributed by atoms with Gasteiger partial charge < -0.3 is 15.9 Å². The molecule has 0 bridgehead atoms. The van der Waals surface area contributed by atoms with Crippen LogP contribution in [0.2, 0.25) is 0 Å². The summed E-state index contributed by atoms with van der Waals surface area (Å²) in [5.74, 6) is -2.06. The summed E-state index contributed by atoms with van der Waals surface area (Å²) in [6.45, 7) is 4.38. The van der Waals surface area contributed by atoms with Crippen molar-refractivity contribution >= 4 is 11.9 Å². The predicted octanol–water partition coefficient (Wildman–Crippen LogP) is 1.40. The summed E-state index contributed by atoms with van der Waals surface area (Å²) in [4.78, 5) is 21.3. The van der Waals surface area contributed by atoms with Crippen LogP contribution in [0.5, 0.6) is 0 Å². The van der Waals surface area contributed by atoms with Gasteiger partial charge in [0.1, 0.15) is 0 Å². The summed E-state index contributed by atoms with van der Waals surface area (Å²) in [6.07, 6.45) is 5.53. The average Bonchev–Trinajstić information content (AvgIpc) is 2.29. The standard InChI is InChI=1S/C9H10O4.C3H9N/c1-9(8(12)13)4-2-3-6(5-9)7(10)11;1-2-3-4/h2-4H,5H2,1H3,(H,10,11)(H,12,13);2-4H2,1H3. The van der Waals surface area contributed by atoms with Gasteiger partial charge in [-0.3, -0.25) is 4.79 Å². The summed E-state index contributed by atoms with van der Waals surface area (Å²) < 4.78 is 0. The molecule has 17 heavy (non-hydrogen) atoms. The Balaban J connectivity index is 0.000000557. The second-order valence-corrected chi connectivity index (χ2v) is 4.04. The molecule has 5 nitrogen and oxygen atoms in total. The second-order valence-electron chi connectivity index (χ2n) is 4.04. The molecular weight excluding hydrogens is 222 g/mol. The molecule has 0 radical (unpaired) electrons. The smallest absolute Gasteiger partial charge is 0.331 e. The molecule has 0 aromatic heterocycles. The molecule has 0 fully saturated rings. The Morgan fingerprint density at radius 2 is 2.00 bits per heavy atom. The van der Waals surface area contributed by atoms with Crippen molar-refractivity contribution in [2.75, 3.05) is 6.54 Å². The van der Waals surface area contributed by atoms with Crippen LogP contribution >= 0.6 is 0 Å². The molecule has 0 saturated heterocycles. The molecule has 1 atom stereocenters. The van der Waals surface area contributed by atoms with Crippen molar-refractivity contribution in [1.82, 2.24) is 0 Å². The Kier molecular flexibility index (Phi) is 6.20. The number of allylic oxidation sites excluding steroid dienone is 2. The third kappa shape index (κ3) is 4.82. The molecule has 1 rings (SSSR count).